The normalized spacial score (nSPS) is 12.2. The Hall–Kier alpha value is -0.350. The fraction of sp³-hybridized carbons (Fsp3) is 0.300. The first-order chi connectivity index (χ1) is 6.59. The van der Waals surface area contributed by atoms with E-state index in [2.05, 4.69) is 37.2 Å². The molecule has 0 bridgehead atoms. The highest BCUT2D eigenvalue weighted by Crippen LogP contribution is 2.11. The minimum Gasteiger partial charge on any atom is -0.351 e. The van der Waals surface area contributed by atoms with Gasteiger partial charge in [-0.25, -0.2) is 0 Å². The zero-order valence-electron chi connectivity index (χ0n) is 7.76. The third-order valence-corrected chi connectivity index (χ3v) is 2.45. The van der Waals surface area contributed by atoms with Crippen LogP contribution in [-0.4, -0.2) is 17.3 Å². The molecule has 2 nitrogen and oxygen atoms in total. The molecule has 0 aliphatic carbocycles. The number of hydrogen-bond acceptors (Lipinski definition) is 1. The van der Waals surface area contributed by atoms with Gasteiger partial charge < -0.3 is 5.32 Å². The van der Waals surface area contributed by atoms with E-state index in [0.29, 0.717) is 16.9 Å². The van der Waals surface area contributed by atoms with Crippen LogP contribution < -0.4 is 5.32 Å². The molecule has 0 radical (unpaired) electrons. The van der Waals surface area contributed by atoms with Gasteiger partial charge in [-0.15, -0.1) is 0 Å². The van der Waals surface area contributed by atoms with Crippen molar-refractivity contribution >= 4 is 37.8 Å². The number of carbonyl (C=O) groups excluding carboxylic acids is 1. The van der Waals surface area contributed by atoms with E-state index >= 15 is 0 Å². The van der Waals surface area contributed by atoms with Gasteiger partial charge in [0.15, 0.2) is 0 Å². The monoisotopic (exact) mass is 319 g/mol. The van der Waals surface area contributed by atoms with Crippen molar-refractivity contribution < 1.29 is 4.79 Å². The Morgan fingerprint density at radius 1 is 1.57 bits per heavy atom. The lowest BCUT2D eigenvalue weighted by Gasteiger charge is -2.06. The summed E-state index contributed by atoms with van der Waals surface area (Å²) in [4.78, 5) is 11.8. The number of benzene rings is 1. The van der Waals surface area contributed by atoms with Gasteiger partial charge in [0.1, 0.15) is 0 Å². The Bertz CT molecular complexity index is 326. The van der Waals surface area contributed by atoms with E-state index in [1.807, 2.05) is 19.1 Å². The molecule has 1 atom stereocenters. The minimum absolute atomic E-state index is 0.0439. The third-order valence-electron chi connectivity index (χ3n) is 1.63. The molecule has 1 amide bonds. The first kappa shape index (κ1) is 11.7. The van der Waals surface area contributed by atoms with E-state index in [0.717, 1.165) is 4.47 Å². The number of amides is 1. The van der Waals surface area contributed by atoms with Gasteiger partial charge in [0.05, 0.1) is 0 Å². The second-order valence-corrected chi connectivity index (χ2v) is 5.48. The number of alkyl halides is 1. The third kappa shape index (κ3) is 3.80. The molecule has 0 saturated carbocycles. The van der Waals surface area contributed by atoms with E-state index in [1.54, 1.807) is 12.1 Å². The van der Waals surface area contributed by atoms with Crippen molar-refractivity contribution in [1.82, 2.24) is 5.32 Å². The van der Waals surface area contributed by atoms with Gasteiger partial charge in [-0.1, -0.05) is 44.8 Å². The fourth-order valence-corrected chi connectivity index (χ4v) is 1.53. The van der Waals surface area contributed by atoms with Crippen LogP contribution >= 0.6 is 31.9 Å². The summed E-state index contributed by atoms with van der Waals surface area (Å²) < 4.78 is 0.914. The molecule has 1 N–H and O–H groups in total. The van der Waals surface area contributed by atoms with Crippen LogP contribution in [0.25, 0.3) is 0 Å². The molecule has 0 fully saturated rings. The lowest BCUT2D eigenvalue weighted by Crippen LogP contribution is -2.28. The minimum atomic E-state index is -0.0439. The molecule has 1 aromatic carbocycles. The van der Waals surface area contributed by atoms with Crippen LogP contribution in [0.4, 0.5) is 0 Å². The highest BCUT2D eigenvalue weighted by Gasteiger charge is 2.05. The van der Waals surface area contributed by atoms with Crippen LogP contribution in [0.5, 0.6) is 0 Å². The van der Waals surface area contributed by atoms with Gasteiger partial charge in [-0.05, 0) is 18.2 Å². The summed E-state index contributed by atoms with van der Waals surface area (Å²) in [5, 5.41) is 2.82. The summed E-state index contributed by atoms with van der Waals surface area (Å²) in [6, 6.07) is 7.33. The number of rotatable bonds is 3. The van der Waals surface area contributed by atoms with Crippen molar-refractivity contribution in [2.24, 2.45) is 0 Å². The predicted octanol–water partition coefficient (Wildman–Crippen LogP) is 2.96. The second kappa shape index (κ2) is 5.51. The quantitative estimate of drug-likeness (QED) is 0.852. The van der Waals surface area contributed by atoms with Gasteiger partial charge >= 0.3 is 0 Å². The average Bonchev–Trinajstić information content (AvgIpc) is 2.14. The van der Waals surface area contributed by atoms with Gasteiger partial charge in [-0.2, -0.15) is 0 Å². The predicted molar refractivity (Wildman–Crippen MR) is 64.9 cm³/mol. The zero-order valence-corrected chi connectivity index (χ0v) is 10.9. The lowest BCUT2D eigenvalue weighted by molar-refractivity contribution is 0.0954. The van der Waals surface area contributed by atoms with E-state index in [1.165, 1.54) is 0 Å². The second-order valence-electron chi connectivity index (χ2n) is 3.00. The van der Waals surface area contributed by atoms with Crippen LogP contribution in [0.15, 0.2) is 28.7 Å². The fourth-order valence-electron chi connectivity index (χ4n) is 0.965. The van der Waals surface area contributed by atoms with E-state index in [9.17, 15) is 4.79 Å². The van der Waals surface area contributed by atoms with Crippen LogP contribution in [0.3, 0.4) is 0 Å². The van der Waals surface area contributed by atoms with Gasteiger partial charge in [0.25, 0.3) is 5.91 Å². The van der Waals surface area contributed by atoms with Gasteiger partial charge in [0.2, 0.25) is 0 Å². The summed E-state index contributed by atoms with van der Waals surface area (Å²) in [6.45, 7) is 2.62. The maximum atomic E-state index is 11.5. The van der Waals surface area contributed by atoms with E-state index in [4.69, 9.17) is 0 Å². The SMILES string of the molecule is CC(Br)CNC(=O)c1cccc(Br)c1. The topological polar surface area (TPSA) is 29.1 Å². The van der Waals surface area contributed by atoms with Crippen molar-refractivity contribution in [3.63, 3.8) is 0 Å². The van der Waals surface area contributed by atoms with Gasteiger partial charge in [0, 0.05) is 21.4 Å². The molecular weight excluding hydrogens is 310 g/mol. The summed E-state index contributed by atoms with van der Waals surface area (Å²) >= 11 is 6.69. The lowest BCUT2D eigenvalue weighted by atomic mass is 10.2. The van der Waals surface area contributed by atoms with Crippen molar-refractivity contribution in [2.75, 3.05) is 6.54 Å². The maximum absolute atomic E-state index is 11.5. The highest BCUT2D eigenvalue weighted by atomic mass is 79.9. The van der Waals surface area contributed by atoms with Crippen molar-refractivity contribution in [1.29, 1.82) is 0 Å². The number of halogens is 2. The van der Waals surface area contributed by atoms with E-state index in [-0.39, 0.29) is 5.91 Å². The molecule has 0 spiro atoms. The summed E-state index contributed by atoms with van der Waals surface area (Å²) in [5.41, 5.74) is 0.674. The molecule has 0 aliphatic heterocycles. The zero-order chi connectivity index (χ0) is 10.6. The molecule has 1 rings (SSSR count). The molecule has 14 heavy (non-hydrogen) atoms. The van der Waals surface area contributed by atoms with Crippen molar-refractivity contribution in [3.8, 4) is 0 Å². The molecule has 1 unspecified atom stereocenters. The Morgan fingerprint density at radius 2 is 2.29 bits per heavy atom. The van der Waals surface area contributed by atoms with Crippen LogP contribution in [0.2, 0.25) is 0 Å². The largest absolute Gasteiger partial charge is 0.351 e. The average molecular weight is 321 g/mol. The standard InChI is InChI=1S/C10H11Br2NO/c1-7(11)6-13-10(14)8-3-2-4-9(12)5-8/h2-5,7H,6H2,1H3,(H,13,14). The van der Waals surface area contributed by atoms with Crippen LogP contribution in [0.1, 0.15) is 17.3 Å². The number of hydrogen-bond donors (Lipinski definition) is 1. The molecule has 0 aromatic heterocycles. The molecule has 0 saturated heterocycles. The molecule has 1 aromatic rings. The summed E-state index contributed by atoms with van der Waals surface area (Å²) in [6.07, 6.45) is 0. The summed E-state index contributed by atoms with van der Waals surface area (Å²) in [7, 11) is 0. The molecule has 0 aliphatic rings. The molecule has 0 heterocycles. The van der Waals surface area contributed by atoms with Crippen molar-refractivity contribution in [2.45, 2.75) is 11.8 Å². The molecule has 4 heteroatoms. The first-order valence-corrected chi connectivity index (χ1v) is 5.98. The van der Waals surface area contributed by atoms with Gasteiger partial charge in [-0.3, -0.25) is 4.79 Å². The Balaban J connectivity index is 2.61. The number of carbonyl (C=O) groups is 1. The van der Waals surface area contributed by atoms with E-state index < -0.39 is 0 Å². The van der Waals surface area contributed by atoms with Crippen LogP contribution in [0, 0.1) is 0 Å². The first-order valence-electron chi connectivity index (χ1n) is 4.27. The Kier molecular flexibility index (Phi) is 4.62. The summed E-state index contributed by atoms with van der Waals surface area (Å²) in [5.74, 6) is -0.0439. The van der Waals surface area contributed by atoms with Crippen molar-refractivity contribution in [3.05, 3.63) is 34.3 Å². The Labute approximate surface area is 100 Å². The smallest absolute Gasteiger partial charge is 0.251 e. The molecule has 76 valence electrons. The van der Waals surface area contributed by atoms with Crippen LogP contribution in [-0.2, 0) is 0 Å². The maximum Gasteiger partial charge on any atom is 0.251 e. The number of nitrogens with one attached hydrogen (secondary N) is 1. The Morgan fingerprint density at radius 3 is 2.86 bits per heavy atom. The highest BCUT2D eigenvalue weighted by molar-refractivity contribution is 9.10. The molecular formula is C10H11Br2NO.